The van der Waals surface area contributed by atoms with Crippen LogP contribution in [-0.4, -0.2) is 11.5 Å². The second-order valence-electron chi connectivity index (χ2n) is 4.93. The van der Waals surface area contributed by atoms with Crippen molar-refractivity contribution in [3.05, 3.63) is 35.5 Å². The molecule has 0 spiro atoms. The summed E-state index contributed by atoms with van der Waals surface area (Å²) in [6, 6.07) is 8.77. The van der Waals surface area contributed by atoms with Crippen molar-refractivity contribution in [3.63, 3.8) is 0 Å². The number of nitrogens with one attached hydrogen (secondary N) is 1. The van der Waals surface area contributed by atoms with Gasteiger partial charge in [0, 0.05) is 23.3 Å². The van der Waals surface area contributed by atoms with Crippen molar-refractivity contribution in [1.29, 1.82) is 0 Å². The zero-order valence-electron chi connectivity index (χ0n) is 11.7. The molecule has 1 aromatic carbocycles. The Balaban J connectivity index is 2.59. The highest BCUT2D eigenvalue weighted by Gasteiger charge is 2.08. The predicted molar refractivity (Wildman–Crippen MR) is 79.3 cm³/mol. The minimum atomic E-state index is 0.602. The van der Waals surface area contributed by atoms with Gasteiger partial charge in [0.05, 0.1) is 5.52 Å². The molecule has 0 saturated carbocycles. The molecule has 0 bridgehead atoms. The lowest BCUT2D eigenvalue weighted by atomic mass is 9.96. The van der Waals surface area contributed by atoms with Crippen LogP contribution in [-0.2, 0) is 0 Å². The van der Waals surface area contributed by atoms with Crippen LogP contribution in [0.15, 0.2) is 24.3 Å². The first-order valence-corrected chi connectivity index (χ1v) is 6.80. The molecule has 2 heteroatoms. The van der Waals surface area contributed by atoms with Crippen LogP contribution in [0, 0.1) is 6.92 Å². The molecule has 2 aromatic rings. The van der Waals surface area contributed by atoms with Gasteiger partial charge in [-0.05, 0) is 49.9 Å². The molecule has 1 unspecified atom stereocenters. The van der Waals surface area contributed by atoms with E-state index in [9.17, 15) is 0 Å². The molecule has 0 aliphatic carbocycles. The predicted octanol–water partition coefficient (Wildman–Crippen LogP) is 4.49. The van der Waals surface area contributed by atoms with Gasteiger partial charge in [-0.2, -0.15) is 0 Å². The summed E-state index contributed by atoms with van der Waals surface area (Å²) in [6.45, 7) is 9.61. The smallest absolute Gasteiger partial charge is 0.0726 e. The highest BCUT2D eigenvalue weighted by Crippen LogP contribution is 2.28. The Morgan fingerprint density at radius 1 is 1.22 bits per heavy atom. The number of fused-ring (bicyclic) bond motifs is 1. The monoisotopic (exact) mass is 242 g/mol. The number of pyridine rings is 1. The summed E-state index contributed by atoms with van der Waals surface area (Å²) in [6.07, 6.45) is 1.17. The molecule has 0 saturated heterocycles. The fourth-order valence-electron chi connectivity index (χ4n) is 2.25. The van der Waals surface area contributed by atoms with Crippen molar-refractivity contribution >= 4 is 16.6 Å². The van der Waals surface area contributed by atoms with Crippen LogP contribution >= 0.6 is 0 Å². The van der Waals surface area contributed by atoms with Crippen LogP contribution < -0.4 is 5.32 Å². The Bertz CT molecular complexity index is 546. The van der Waals surface area contributed by atoms with Crippen molar-refractivity contribution in [2.75, 3.05) is 11.9 Å². The largest absolute Gasteiger partial charge is 0.385 e. The first-order chi connectivity index (χ1) is 8.65. The Morgan fingerprint density at radius 3 is 2.67 bits per heavy atom. The fourth-order valence-corrected chi connectivity index (χ4v) is 2.25. The molecule has 96 valence electrons. The standard InChI is InChI=1S/C16H22N2/c1-5-11(3)13-7-8-15-14(10-13)16(17-6-2)9-12(4)18-15/h7-11H,5-6H2,1-4H3,(H,17,18). The van der Waals surface area contributed by atoms with Crippen molar-refractivity contribution in [3.8, 4) is 0 Å². The second-order valence-corrected chi connectivity index (χ2v) is 4.93. The number of hydrogen-bond acceptors (Lipinski definition) is 2. The minimum absolute atomic E-state index is 0.602. The number of benzene rings is 1. The van der Waals surface area contributed by atoms with E-state index in [0.717, 1.165) is 17.8 Å². The molecule has 18 heavy (non-hydrogen) atoms. The molecule has 2 nitrogen and oxygen atoms in total. The van der Waals surface area contributed by atoms with Gasteiger partial charge in [0.2, 0.25) is 0 Å². The third-order valence-electron chi connectivity index (χ3n) is 3.51. The number of anilines is 1. The first kappa shape index (κ1) is 12.9. The fraction of sp³-hybridized carbons (Fsp3) is 0.438. The summed E-state index contributed by atoms with van der Waals surface area (Å²) in [5.41, 5.74) is 4.74. The normalized spacial score (nSPS) is 12.7. The third-order valence-corrected chi connectivity index (χ3v) is 3.51. The molecule has 1 heterocycles. The molecule has 0 radical (unpaired) electrons. The molecule has 1 N–H and O–H groups in total. The summed E-state index contributed by atoms with van der Waals surface area (Å²) in [7, 11) is 0. The maximum atomic E-state index is 4.60. The summed E-state index contributed by atoms with van der Waals surface area (Å²) >= 11 is 0. The molecule has 0 aliphatic rings. The zero-order valence-corrected chi connectivity index (χ0v) is 11.7. The lowest BCUT2D eigenvalue weighted by Crippen LogP contribution is -2.00. The van der Waals surface area contributed by atoms with Gasteiger partial charge in [-0.25, -0.2) is 0 Å². The Hall–Kier alpha value is -1.57. The lowest BCUT2D eigenvalue weighted by molar-refractivity contribution is 0.734. The van der Waals surface area contributed by atoms with E-state index < -0.39 is 0 Å². The lowest BCUT2D eigenvalue weighted by Gasteiger charge is -2.13. The summed E-state index contributed by atoms with van der Waals surface area (Å²) in [4.78, 5) is 4.60. The van der Waals surface area contributed by atoms with Gasteiger partial charge in [0.25, 0.3) is 0 Å². The van der Waals surface area contributed by atoms with Gasteiger partial charge in [0.1, 0.15) is 0 Å². The highest BCUT2D eigenvalue weighted by atomic mass is 14.9. The van der Waals surface area contributed by atoms with E-state index in [1.807, 2.05) is 6.92 Å². The molecule has 0 amide bonds. The van der Waals surface area contributed by atoms with E-state index in [-0.39, 0.29) is 0 Å². The van der Waals surface area contributed by atoms with Crippen LogP contribution in [0.2, 0.25) is 0 Å². The molecule has 1 aromatic heterocycles. The summed E-state index contributed by atoms with van der Waals surface area (Å²) in [5.74, 6) is 0.602. The Morgan fingerprint density at radius 2 is 2.00 bits per heavy atom. The van der Waals surface area contributed by atoms with Gasteiger partial charge in [-0.3, -0.25) is 4.98 Å². The SMILES string of the molecule is CCNc1cc(C)nc2ccc(C(C)CC)cc12. The molecular formula is C16H22N2. The van der Waals surface area contributed by atoms with E-state index in [0.29, 0.717) is 5.92 Å². The molecule has 0 fully saturated rings. The van der Waals surface area contributed by atoms with Crippen molar-refractivity contribution in [2.24, 2.45) is 0 Å². The number of hydrogen-bond donors (Lipinski definition) is 1. The summed E-state index contributed by atoms with van der Waals surface area (Å²) in [5, 5.41) is 4.67. The van der Waals surface area contributed by atoms with Crippen LogP contribution in [0.3, 0.4) is 0 Å². The van der Waals surface area contributed by atoms with Gasteiger partial charge in [-0.1, -0.05) is 19.9 Å². The van der Waals surface area contributed by atoms with E-state index in [1.54, 1.807) is 0 Å². The van der Waals surface area contributed by atoms with Gasteiger partial charge in [-0.15, -0.1) is 0 Å². The first-order valence-electron chi connectivity index (χ1n) is 6.80. The van der Waals surface area contributed by atoms with Crippen LogP contribution in [0.4, 0.5) is 5.69 Å². The van der Waals surface area contributed by atoms with E-state index in [2.05, 4.69) is 55.3 Å². The minimum Gasteiger partial charge on any atom is -0.385 e. The maximum Gasteiger partial charge on any atom is 0.0726 e. The van der Waals surface area contributed by atoms with Gasteiger partial charge in [0.15, 0.2) is 0 Å². The van der Waals surface area contributed by atoms with Crippen LogP contribution in [0.5, 0.6) is 0 Å². The maximum absolute atomic E-state index is 4.60. The quantitative estimate of drug-likeness (QED) is 0.854. The zero-order chi connectivity index (χ0) is 13.1. The second kappa shape index (κ2) is 5.38. The third kappa shape index (κ3) is 2.47. The summed E-state index contributed by atoms with van der Waals surface area (Å²) < 4.78 is 0. The number of rotatable bonds is 4. The number of aromatic nitrogens is 1. The molecule has 2 rings (SSSR count). The molecule has 0 aliphatic heterocycles. The highest BCUT2D eigenvalue weighted by molar-refractivity contribution is 5.92. The average molecular weight is 242 g/mol. The van der Waals surface area contributed by atoms with Gasteiger partial charge < -0.3 is 5.32 Å². The molecule has 1 atom stereocenters. The molecular weight excluding hydrogens is 220 g/mol. The average Bonchev–Trinajstić information content (AvgIpc) is 2.37. The van der Waals surface area contributed by atoms with E-state index in [4.69, 9.17) is 0 Å². The van der Waals surface area contributed by atoms with E-state index in [1.165, 1.54) is 23.1 Å². The van der Waals surface area contributed by atoms with E-state index >= 15 is 0 Å². The Kier molecular flexibility index (Phi) is 3.85. The van der Waals surface area contributed by atoms with Crippen LogP contribution in [0.25, 0.3) is 10.9 Å². The van der Waals surface area contributed by atoms with Crippen molar-refractivity contribution in [1.82, 2.24) is 4.98 Å². The van der Waals surface area contributed by atoms with Crippen molar-refractivity contribution in [2.45, 2.75) is 40.0 Å². The number of nitrogens with zero attached hydrogens (tertiary/aromatic N) is 1. The topological polar surface area (TPSA) is 24.9 Å². The number of aryl methyl sites for hydroxylation is 1. The Labute approximate surface area is 109 Å². The van der Waals surface area contributed by atoms with Crippen LogP contribution in [0.1, 0.15) is 44.4 Å². The van der Waals surface area contributed by atoms with Gasteiger partial charge >= 0.3 is 0 Å². The van der Waals surface area contributed by atoms with Crippen molar-refractivity contribution < 1.29 is 0 Å².